The predicted octanol–water partition coefficient (Wildman–Crippen LogP) is 4.25. The summed E-state index contributed by atoms with van der Waals surface area (Å²) < 4.78 is 66.0. The lowest BCUT2D eigenvalue weighted by Crippen LogP contribution is -2.14. The smallest absolute Gasteiger partial charge is 0.310 e. The molecule has 0 amide bonds. The molecule has 3 rings (SSSR count). The zero-order chi connectivity index (χ0) is 19.9. The maximum Gasteiger partial charge on any atom is 0.416 e. The minimum atomic E-state index is -4.48. The minimum absolute atomic E-state index is 0.0294. The molecule has 1 atom stereocenters. The van der Waals surface area contributed by atoms with Crippen molar-refractivity contribution in [1.29, 1.82) is 0 Å². The van der Waals surface area contributed by atoms with Crippen molar-refractivity contribution < 1.29 is 22.0 Å². The topological polar surface area (TPSA) is 63.6 Å². The Morgan fingerprint density at radius 3 is 2.33 bits per heavy atom. The quantitative estimate of drug-likeness (QED) is 0.682. The number of fused-ring (bicyclic) bond motifs is 1. The Labute approximate surface area is 149 Å². The second-order valence-corrected chi connectivity index (χ2v) is 5.99. The van der Waals surface area contributed by atoms with Crippen LogP contribution in [-0.4, -0.2) is 19.7 Å². The molecule has 2 aromatic heterocycles. The molecule has 5 nitrogen and oxygen atoms in total. The first-order valence-electron chi connectivity index (χ1n) is 8.10. The van der Waals surface area contributed by atoms with Gasteiger partial charge in [0, 0.05) is 6.42 Å². The lowest BCUT2D eigenvalue weighted by atomic mass is 10.1. The van der Waals surface area contributed by atoms with Gasteiger partial charge in [0.15, 0.2) is 5.65 Å². The fourth-order valence-corrected chi connectivity index (χ4v) is 2.80. The molecule has 0 aliphatic heterocycles. The standard InChI is InChI=1S/C17H15F5N4O/c1-3-11-23-15-12(16(27)24-11)13(14(18)19)25-26(15)8(2)9-4-6-10(7-5-9)17(20,21)22/h4-8,14H,3H2,1-2H3,(H,23,24,27)/t8-/m0/s1. The predicted molar refractivity (Wildman–Crippen MR) is 87.7 cm³/mol. The van der Waals surface area contributed by atoms with E-state index in [4.69, 9.17) is 0 Å². The molecule has 1 aromatic carbocycles. The molecule has 0 aliphatic carbocycles. The van der Waals surface area contributed by atoms with E-state index in [2.05, 4.69) is 15.1 Å². The van der Waals surface area contributed by atoms with Crippen molar-refractivity contribution in [2.75, 3.05) is 0 Å². The SMILES string of the molecule is CCc1nc2c(c(C(F)F)nn2[C@@H](C)c2ccc(C(F)(F)F)cc2)c(=O)[nH]1. The molecule has 0 saturated carbocycles. The number of halogens is 5. The molecule has 27 heavy (non-hydrogen) atoms. The van der Waals surface area contributed by atoms with Crippen molar-refractivity contribution in [1.82, 2.24) is 19.7 Å². The van der Waals surface area contributed by atoms with Crippen LogP contribution < -0.4 is 5.56 Å². The number of nitrogens with zero attached hydrogens (tertiary/aromatic N) is 3. The highest BCUT2D eigenvalue weighted by molar-refractivity contribution is 5.77. The van der Waals surface area contributed by atoms with E-state index >= 15 is 0 Å². The van der Waals surface area contributed by atoms with E-state index in [1.54, 1.807) is 13.8 Å². The molecule has 1 N–H and O–H groups in total. The lowest BCUT2D eigenvalue weighted by molar-refractivity contribution is -0.137. The van der Waals surface area contributed by atoms with Gasteiger partial charge in [0.2, 0.25) is 0 Å². The average molecular weight is 386 g/mol. The first-order valence-corrected chi connectivity index (χ1v) is 8.10. The molecule has 2 heterocycles. The van der Waals surface area contributed by atoms with Crippen molar-refractivity contribution in [2.45, 2.75) is 38.9 Å². The first kappa shape index (κ1) is 19.0. The number of benzene rings is 1. The van der Waals surface area contributed by atoms with Gasteiger partial charge >= 0.3 is 6.18 Å². The van der Waals surface area contributed by atoms with Gasteiger partial charge in [-0.15, -0.1) is 0 Å². The summed E-state index contributed by atoms with van der Waals surface area (Å²) in [4.78, 5) is 18.8. The molecule has 0 radical (unpaired) electrons. The van der Waals surface area contributed by atoms with Gasteiger partial charge in [-0.05, 0) is 24.6 Å². The van der Waals surface area contributed by atoms with Crippen molar-refractivity contribution in [2.24, 2.45) is 0 Å². The second kappa shape index (κ2) is 6.75. The summed E-state index contributed by atoms with van der Waals surface area (Å²) >= 11 is 0. The number of aromatic amines is 1. The first-order chi connectivity index (χ1) is 12.6. The van der Waals surface area contributed by atoms with Crippen molar-refractivity contribution in [3.8, 4) is 0 Å². The largest absolute Gasteiger partial charge is 0.416 e. The third-order valence-corrected chi connectivity index (χ3v) is 4.27. The Kier molecular flexibility index (Phi) is 4.75. The van der Waals surface area contributed by atoms with Crippen LogP contribution in [0.25, 0.3) is 11.0 Å². The van der Waals surface area contributed by atoms with E-state index in [0.29, 0.717) is 17.8 Å². The van der Waals surface area contributed by atoms with E-state index in [1.165, 1.54) is 12.1 Å². The average Bonchev–Trinajstić information content (AvgIpc) is 3.00. The number of rotatable bonds is 4. The van der Waals surface area contributed by atoms with E-state index in [9.17, 15) is 26.7 Å². The van der Waals surface area contributed by atoms with Crippen LogP contribution in [0.4, 0.5) is 22.0 Å². The number of alkyl halides is 5. The number of hydrogen-bond donors (Lipinski definition) is 1. The molecule has 0 unspecified atom stereocenters. The summed E-state index contributed by atoms with van der Waals surface area (Å²) in [7, 11) is 0. The van der Waals surface area contributed by atoms with Gasteiger partial charge in [0.05, 0.1) is 11.6 Å². The molecule has 0 bridgehead atoms. The molecular formula is C17H15F5N4O. The van der Waals surface area contributed by atoms with Gasteiger partial charge in [0.25, 0.3) is 12.0 Å². The third kappa shape index (κ3) is 3.43. The molecule has 144 valence electrons. The fourth-order valence-electron chi connectivity index (χ4n) is 2.80. The summed E-state index contributed by atoms with van der Waals surface area (Å²) in [6.45, 7) is 3.32. The van der Waals surface area contributed by atoms with E-state index in [0.717, 1.165) is 16.8 Å². The highest BCUT2D eigenvalue weighted by Gasteiger charge is 2.30. The van der Waals surface area contributed by atoms with Gasteiger partial charge < -0.3 is 4.98 Å². The number of aromatic nitrogens is 4. The van der Waals surface area contributed by atoms with Gasteiger partial charge in [-0.1, -0.05) is 19.1 Å². The van der Waals surface area contributed by atoms with Crippen LogP contribution in [0.1, 0.15) is 49.0 Å². The minimum Gasteiger partial charge on any atom is -0.310 e. The summed E-state index contributed by atoms with van der Waals surface area (Å²) in [5.74, 6) is 0.300. The molecule has 0 aliphatic rings. The zero-order valence-corrected chi connectivity index (χ0v) is 14.3. The van der Waals surface area contributed by atoms with Crippen LogP contribution in [0, 0.1) is 0 Å². The van der Waals surface area contributed by atoms with Gasteiger partial charge in [0.1, 0.15) is 16.9 Å². The number of H-pyrrole nitrogens is 1. The molecule has 3 aromatic rings. The van der Waals surface area contributed by atoms with Crippen LogP contribution in [0.2, 0.25) is 0 Å². The number of nitrogens with one attached hydrogen (secondary N) is 1. The van der Waals surface area contributed by atoms with Gasteiger partial charge in [-0.2, -0.15) is 18.3 Å². The Balaban J connectivity index is 2.15. The Bertz CT molecular complexity index is 1020. The maximum atomic E-state index is 13.3. The second-order valence-electron chi connectivity index (χ2n) is 5.99. The van der Waals surface area contributed by atoms with Crippen LogP contribution in [0.15, 0.2) is 29.1 Å². The Morgan fingerprint density at radius 1 is 1.19 bits per heavy atom. The van der Waals surface area contributed by atoms with Gasteiger partial charge in [-0.25, -0.2) is 18.4 Å². The zero-order valence-electron chi connectivity index (χ0n) is 14.3. The summed E-state index contributed by atoms with van der Waals surface area (Å²) in [6.07, 6.45) is -7.10. The molecule has 0 spiro atoms. The maximum absolute atomic E-state index is 13.3. The Hall–Kier alpha value is -2.78. The molecule has 0 fully saturated rings. The number of hydrogen-bond acceptors (Lipinski definition) is 3. The number of aryl methyl sites for hydroxylation is 1. The summed E-state index contributed by atoms with van der Waals surface area (Å²) in [5.41, 5.74) is -1.87. The van der Waals surface area contributed by atoms with E-state index in [1.807, 2.05) is 0 Å². The highest BCUT2D eigenvalue weighted by atomic mass is 19.4. The monoisotopic (exact) mass is 386 g/mol. The third-order valence-electron chi connectivity index (χ3n) is 4.27. The summed E-state index contributed by atoms with van der Waals surface area (Å²) in [5, 5.41) is 3.52. The van der Waals surface area contributed by atoms with Crippen LogP contribution in [-0.2, 0) is 12.6 Å². The summed E-state index contributed by atoms with van der Waals surface area (Å²) in [6, 6.07) is 3.60. The van der Waals surface area contributed by atoms with Crippen molar-refractivity contribution in [3.05, 3.63) is 57.3 Å². The molecular weight excluding hydrogens is 371 g/mol. The van der Waals surface area contributed by atoms with Crippen molar-refractivity contribution in [3.63, 3.8) is 0 Å². The normalized spacial score (nSPS) is 13.5. The Morgan fingerprint density at radius 2 is 1.81 bits per heavy atom. The molecule has 10 heteroatoms. The highest BCUT2D eigenvalue weighted by Crippen LogP contribution is 2.32. The van der Waals surface area contributed by atoms with Crippen LogP contribution in [0.5, 0.6) is 0 Å². The molecule has 0 saturated heterocycles. The van der Waals surface area contributed by atoms with Crippen LogP contribution >= 0.6 is 0 Å². The van der Waals surface area contributed by atoms with E-state index < -0.39 is 35.5 Å². The van der Waals surface area contributed by atoms with Crippen LogP contribution in [0.3, 0.4) is 0 Å². The van der Waals surface area contributed by atoms with E-state index in [-0.39, 0.29) is 11.0 Å². The van der Waals surface area contributed by atoms with Crippen molar-refractivity contribution >= 4 is 11.0 Å². The lowest BCUT2D eigenvalue weighted by Gasteiger charge is -2.15. The van der Waals surface area contributed by atoms with Gasteiger partial charge in [-0.3, -0.25) is 4.79 Å². The fraction of sp³-hybridized carbons (Fsp3) is 0.353.